The highest BCUT2D eigenvalue weighted by Gasteiger charge is 2.03. The van der Waals surface area contributed by atoms with Crippen molar-refractivity contribution >= 4 is 46.4 Å². The fraction of sp³-hybridized carbons (Fsp3) is 0.316. The molecule has 0 bridgehead atoms. The minimum Gasteiger partial charge on any atom is -0.492 e. The molecule has 0 heterocycles. The van der Waals surface area contributed by atoms with E-state index >= 15 is 0 Å². The van der Waals surface area contributed by atoms with Gasteiger partial charge >= 0.3 is 0 Å². The smallest absolute Gasteiger partial charge is 0.170 e. The fourth-order valence-electron chi connectivity index (χ4n) is 2.09. The van der Waals surface area contributed by atoms with Crippen LogP contribution in [0, 0.1) is 0 Å². The molecule has 0 unspecified atom stereocenters. The summed E-state index contributed by atoms with van der Waals surface area (Å²) in [7, 11) is 0. The molecule has 0 amide bonds. The van der Waals surface area contributed by atoms with Gasteiger partial charge < -0.3 is 15.4 Å². The molecule has 2 N–H and O–H groups in total. The summed E-state index contributed by atoms with van der Waals surface area (Å²) in [5.41, 5.74) is 2.19. The molecule has 2 aromatic carbocycles. The molecular formula is C19H23ClN2OS2. The minimum absolute atomic E-state index is 0.646. The summed E-state index contributed by atoms with van der Waals surface area (Å²) < 4.78 is 5.59. The Morgan fingerprint density at radius 1 is 1.20 bits per heavy atom. The number of ether oxygens (including phenoxy) is 1. The lowest BCUT2D eigenvalue weighted by Crippen LogP contribution is -2.30. The second-order valence-electron chi connectivity index (χ2n) is 5.41. The molecule has 0 aromatic heterocycles. The molecule has 134 valence electrons. The van der Waals surface area contributed by atoms with Gasteiger partial charge in [0.2, 0.25) is 0 Å². The number of halogens is 1. The van der Waals surface area contributed by atoms with Crippen molar-refractivity contribution in [1.82, 2.24) is 5.32 Å². The maximum atomic E-state index is 6.25. The number of rotatable bonds is 9. The van der Waals surface area contributed by atoms with Gasteiger partial charge in [0.1, 0.15) is 5.75 Å². The maximum Gasteiger partial charge on any atom is 0.170 e. The molecule has 0 aliphatic rings. The van der Waals surface area contributed by atoms with Gasteiger partial charge in [-0.1, -0.05) is 42.8 Å². The fourth-order valence-corrected chi connectivity index (χ4v) is 3.37. The zero-order valence-corrected chi connectivity index (χ0v) is 16.6. The predicted octanol–water partition coefficient (Wildman–Crippen LogP) is 5.35. The van der Waals surface area contributed by atoms with Crippen LogP contribution in [0.1, 0.15) is 18.9 Å². The first kappa shape index (κ1) is 19.9. The summed E-state index contributed by atoms with van der Waals surface area (Å²) in [6.07, 6.45) is 0.974. The number of benzene rings is 2. The van der Waals surface area contributed by atoms with Crippen LogP contribution in [0.4, 0.5) is 5.69 Å². The highest BCUT2D eigenvalue weighted by molar-refractivity contribution is 7.98. The van der Waals surface area contributed by atoms with Gasteiger partial charge in [0.05, 0.1) is 11.6 Å². The summed E-state index contributed by atoms with van der Waals surface area (Å²) in [5, 5.41) is 7.70. The topological polar surface area (TPSA) is 33.3 Å². The predicted molar refractivity (Wildman–Crippen MR) is 114 cm³/mol. The second-order valence-corrected chi connectivity index (χ2v) is 7.33. The molecule has 0 atom stereocenters. The van der Waals surface area contributed by atoms with Crippen LogP contribution in [0.25, 0.3) is 0 Å². The molecule has 2 aromatic rings. The highest BCUT2D eigenvalue weighted by atomic mass is 35.5. The van der Waals surface area contributed by atoms with Gasteiger partial charge in [0.15, 0.2) is 5.11 Å². The number of thioether (sulfide) groups is 1. The molecule has 3 nitrogen and oxygen atoms in total. The summed E-state index contributed by atoms with van der Waals surface area (Å²) >= 11 is 13.4. The van der Waals surface area contributed by atoms with Gasteiger partial charge in [-0.25, -0.2) is 0 Å². The van der Waals surface area contributed by atoms with E-state index in [4.69, 9.17) is 28.6 Å². The van der Waals surface area contributed by atoms with E-state index in [1.165, 1.54) is 5.56 Å². The van der Waals surface area contributed by atoms with Crippen molar-refractivity contribution in [3.05, 3.63) is 59.1 Å². The monoisotopic (exact) mass is 394 g/mol. The SMILES string of the molecule is CCCOc1ccc(CSCCNC(=S)Nc2ccccc2)cc1Cl. The van der Waals surface area contributed by atoms with E-state index < -0.39 is 0 Å². The molecule has 0 fully saturated rings. The molecule has 0 saturated carbocycles. The van der Waals surface area contributed by atoms with Crippen molar-refractivity contribution in [3.63, 3.8) is 0 Å². The average Bonchev–Trinajstić information content (AvgIpc) is 2.61. The molecular weight excluding hydrogens is 372 g/mol. The molecule has 0 aliphatic carbocycles. The zero-order chi connectivity index (χ0) is 17.9. The Balaban J connectivity index is 1.64. The summed E-state index contributed by atoms with van der Waals surface area (Å²) in [6.45, 7) is 3.58. The van der Waals surface area contributed by atoms with Crippen LogP contribution in [0.3, 0.4) is 0 Å². The van der Waals surface area contributed by atoms with Crippen molar-refractivity contribution in [2.45, 2.75) is 19.1 Å². The first-order valence-corrected chi connectivity index (χ1v) is 10.2. The lowest BCUT2D eigenvalue weighted by atomic mass is 10.2. The quantitative estimate of drug-likeness (QED) is 0.442. The Morgan fingerprint density at radius 2 is 2.00 bits per heavy atom. The third-order valence-corrected chi connectivity index (χ3v) is 4.86. The number of hydrogen-bond donors (Lipinski definition) is 2. The summed E-state index contributed by atoms with van der Waals surface area (Å²) in [4.78, 5) is 0. The van der Waals surface area contributed by atoms with E-state index in [1.54, 1.807) is 0 Å². The Kier molecular flexibility index (Phi) is 8.94. The van der Waals surface area contributed by atoms with Gasteiger partial charge in [-0.3, -0.25) is 0 Å². The molecule has 0 spiro atoms. The van der Waals surface area contributed by atoms with Gasteiger partial charge in [-0.05, 0) is 48.5 Å². The Hall–Kier alpha value is -1.43. The van der Waals surface area contributed by atoms with Crippen LogP contribution in [0.5, 0.6) is 5.75 Å². The first-order chi connectivity index (χ1) is 12.2. The maximum absolute atomic E-state index is 6.25. The van der Waals surface area contributed by atoms with Crippen molar-refractivity contribution in [2.75, 3.05) is 24.2 Å². The largest absolute Gasteiger partial charge is 0.492 e. The molecule has 0 aliphatic heterocycles. The van der Waals surface area contributed by atoms with Gasteiger partial charge in [-0.15, -0.1) is 0 Å². The van der Waals surface area contributed by atoms with E-state index in [2.05, 4.69) is 23.6 Å². The normalized spacial score (nSPS) is 10.3. The minimum atomic E-state index is 0.646. The van der Waals surface area contributed by atoms with Gasteiger partial charge in [0, 0.05) is 23.7 Å². The Morgan fingerprint density at radius 3 is 2.72 bits per heavy atom. The van der Waals surface area contributed by atoms with Gasteiger partial charge in [-0.2, -0.15) is 11.8 Å². The molecule has 0 saturated heterocycles. The van der Waals surface area contributed by atoms with E-state index in [0.717, 1.165) is 35.9 Å². The standard InChI is InChI=1S/C19H23ClN2OS2/c1-2-11-23-18-9-8-15(13-17(18)20)14-25-12-10-21-19(24)22-16-6-4-3-5-7-16/h3-9,13H,2,10-12,14H2,1H3,(H2,21,22,24). The average molecular weight is 395 g/mol. The number of hydrogen-bond acceptors (Lipinski definition) is 3. The van der Waals surface area contributed by atoms with E-state index in [1.807, 2.05) is 54.2 Å². The van der Waals surface area contributed by atoms with Crippen molar-refractivity contribution in [1.29, 1.82) is 0 Å². The molecule has 2 rings (SSSR count). The highest BCUT2D eigenvalue weighted by Crippen LogP contribution is 2.27. The lowest BCUT2D eigenvalue weighted by molar-refractivity contribution is 0.317. The Bertz CT molecular complexity index is 668. The van der Waals surface area contributed by atoms with Crippen molar-refractivity contribution in [2.24, 2.45) is 0 Å². The van der Waals surface area contributed by atoms with E-state index in [0.29, 0.717) is 16.7 Å². The van der Waals surface area contributed by atoms with Gasteiger partial charge in [0.25, 0.3) is 0 Å². The number of thiocarbonyl (C=S) groups is 1. The van der Waals surface area contributed by atoms with Crippen LogP contribution in [0.15, 0.2) is 48.5 Å². The van der Waals surface area contributed by atoms with Crippen molar-refractivity contribution in [3.8, 4) is 5.75 Å². The van der Waals surface area contributed by atoms with Crippen LogP contribution in [0.2, 0.25) is 5.02 Å². The molecule has 6 heteroatoms. The molecule has 25 heavy (non-hydrogen) atoms. The summed E-state index contributed by atoms with van der Waals surface area (Å²) in [6, 6.07) is 15.9. The van der Waals surface area contributed by atoms with Crippen LogP contribution >= 0.6 is 35.6 Å². The third kappa shape index (κ3) is 7.55. The lowest BCUT2D eigenvalue weighted by Gasteiger charge is -2.11. The van der Waals surface area contributed by atoms with E-state index in [9.17, 15) is 0 Å². The van der Waals surface area contributed by atoms with Crippen LogP contribution in [-0.4, -0.2) is 24.0 Å². The molecule has 0 radical (unpaired) electrons. The van der Waals surface area contributed by atoms with Crippen LogP contribution < -0.4 is 15.4 Å². The number of nitrogens with one attached hydrogen (secondary N) is 2. The number of para-hydroxylation sites is 1. The third-order valence-electron chi connectivity index (χ3n) is 3.29. The van der Waals surface area contributed by atoms with Crippen LogP contribution in [-0.2, 0) is 5.75 Å². The first-order valence-electron chi connectivity index (χ1n) is 8.28. The summed E-state index contributed by atoms with van der Waals surface area (Å²) in [5.74, 6) is 2.63. The van der Waals surface area contributed by atoms with E-state index in [-0.39, 0.29) is 0 Å². The Labute approximate surface area is 164 Å². The number of anilines is 1. The zero-order valence-electron chi connectivity index (χ0n) is 14.3. The van der Waals surface area contributed by atoms with Crippen molar-refractivity contribution < 1.29 is 4.74 Å². The second kappa shape index (κ2) is 11.2.